The first-order valence-electron chi connectivity index (χ1n) is 23.2. The topological polar surface area (TPSA) is 114 Å². The van der Waals surface area contributed by atoms with Crippen LogP contribution in [0.4, 0.5) is 0 Å². The summed E-state index contributed by atoms with van der Waals surface area (Å²) in [6, 6.07) is 12.9. The van der Waals surface area contributed by atoms with E-state index in [9.17, 15) is 25.9 Å². The van der Waals surface area contributed by atoms with Crippen LogP contribution in [0.1, 0.15) is 230 Å². The summed E-state index contributed by atoms with van der Waals surface area (Å²) in [4.78, 5) is -0.219. The van der Waals surface area contributed by atoms with Crippen LogP contribution >= 0.6 is 0 Å². The quantitative estimate of drug-likeness (QED) is 0.0383. The second-order valence-corrected chi connectivity index (χ2v) is 19.1. The summed E-state index contributed by atoms with van der Waals surface area (Å²) in [6.45, 7) is 4.54. The van der Waals surface area contributed by atoms with Crippen LogP contribution < -0.4 is 0 Å². The molecule has 0 aromatic heterocycles. The minimum Gasteiger partial charge on any atom is -0.744 e. The molecule has 0 atom stereocenters. The summed E-state index contributed by atoms with van der Waals surface area (Å²) in [5.41, 5.74) is 1.89. The molecule has 0 unspecified atom stereocenters. The second kappa shape index (κ2) is 38.4. The van der Waals surface area contributed by atoms with Gasteiger partial charge in [0.1, 0.15) is 20.2 Å². The van der Waals surface area contributed by atoms with E-state index < -0.39 is 20.2 Å². The van der Waals surface area contributed by atoms with E-state index in [0.29, 0.717) is 0 Å². The first-order chi connectivity index (χ1) is 27.1. The third-order valence-electron chi connectivity index (χ3n) is 11.0. The SMILES string of the molecule is CCCCCCCCCCCCCCCCCCc1cccc(S(=O)(=O)[O-])c1.CCCCCCCCCCCCCCCCCCc1cccc(S(=O)(=O)[O-])c1.[Ca+2]. The Kier molecular flexibility index (Phi) is 38.1. The maximum absolute atomic E-state index is 11.1. The van der Waals surface area contributed by atoms with E-state index in [0.717, 1.165) is 36.8 Å². The van der Waals surface area contributed by atoms with Gasteiger partial charge in [-0.15, -0.1) is 0 Å². The van der Waals surface area contributed by atoms with E-state index in [1.807, 2.05) is 12.1 Å². The van der Waals surface area contributed by atoms with E-state index in [4.69, 9.17) is 0 Å². The zero-order chi connectivity index (χ0) is 41.0. The number of unbranched alkanes of at least 4 members (excludes halogenated alkanes) is 30. The van der Waals surface area contributed by atoms with Gasteiger partial charge in [-0.3, -0.25) is 0 Å². The number of rotatable bonds is 36. The van der Waals surface area contributed by atoms with Gasteiger partial charge in [0.05, 0.1) is 9.79 Å². The summed E-state index contributed by atoms with van der Waals surface area (Å²) < 4.78 is 66.3. The van der Waals surface area contributed by atoms with Crippen LogP contribution in [0, 0.1) is 0 Å². The molecule has 0 aliphatic carbocycles. The predicted octanol–water partition coefficient (Wildman–Crippen LogP) is 14.4. The van der Waals surface area contributed by atoms with Crippen LogP contribution in [0.5, 0.6) is 0 Å². The van der Waals surface area contributed by atoms with Crippen LogP contribution in [-0.4, -0.2) is 63.7 Å². The molecule has 0 aliphatic rings. The molecule has 0 spiro atoms. The van der Waals surface area contributed by atoms with Crippen molar-refractivity contribution in [3.63, 3.8) is 0 Å². The standard InChI is InChI=1S/2C24H42O3S.Ca/c2*1-2-3-4-5-6-7-8-9-10-11-12-13-14-15-16-17-19-23-20-18-21-24(22-23)28(25,26)27;/h2*18,20-22H,2-17,19H2,1H3,(H,25,26,27);/q;;+2/p-2. The Bertz CT molecular complexity index is 1310. The van der Waals surface area contributed by atoms with Crippen molar-refractivity contribution in [3.05, 3.63) is 59.7 Å². The molecule has 0 saturated carbocycles. The van der Waals surface area contributed by atoms with Gasteiger partial charge in [0, 0.05) is 0 Å². The van der Waals surface area contributed by atoms with Gasteiger partial charge in [0.25, 0.3) is 0 Å². The third-order valence-corrected chi connectivity index (χ3v) is 12.7. The van der Waals surface area contributed by atoms with Gasteiger partial charge in [-0.2, -0.15) is 0 Å². The van der Waals surface area contributed by atoms with E-state index in [2.05, 4.69) is 13.8 Å². The van der Waals surface area contributed by atoms with Crippen molar-refractivity contribution < 1.29 is 25.9 Å². The molecule has 2 aromatic rings. The van der Waals surface area contributed by atoms with Crippen molar-refractivity contribution in [2.45, 2.75) is 242 Å². The van der Waals surface area contributed by atoms with Crippen LogP contribution in [0.3, 0.4) is 0 Å². The van der Waals surface area contributed by atoms with Gasteiger partial charge in [-0.1, -0.05) is 231 Å². The largest absolute Gasteiger partial charge is 2.00 e. The van der Waals surface area contributed by atoms with Crippen LogP contribution in [0.2, 0.25) is 0 Å². The molecular formula is C48H82CaO6S2. The molecule has 324 valence electrons. The molecule has 0 radical (unpaired) electrons. The molecule has 6 nitrogen and oxygen atoms in total. The zero-order valence-electron chi connectivity index (χ0n) is 36.6. The summed E-state index contributed by atoms with van der Waals surface area (Å²) in [5, 5.41) is 0. The molecule has 2 aromatic carbocycles. The van der Waals surface area contributed by atoms with E-state index in [1.165, 1.54) is 217 Å². The molecule has 0 N–H and O–H groups in total. The van der Waals surface area contributed by atoms with E-state index >= 15 is 0 Å². The Hall–Kier alpha value is -0.480. The Balaban J connectivity index is 0.00000108. The van der Waals surface area contributed by atoms with Gasteiger partial charge in [0.15, 0.2) is 0 Å². The first kappa shape index (κ1) is 56.5. The van der Waals surface area contributed by atoms with Crippen LogP contribution in [0.15, 0.2) is 58.3 Å². The van der Waals surface area contributed by atoms with Crippen molar-refractivity contribution in [2.24, 2.45) is 0 Å². The average Bonchev–Trinajstić information content (AvgIpc) is 3.17. The van der Waals surface area contributed by atoms with Crippen molar-refractivity contribution >= 4 is 58.0 Å². The second-order valence-electron chi connectivity index (χ2n) is 16.3. The first-order valence-corrected chi connectivity index (χ1v) is 26.0. The monoisotopic (exact) mass is 859 g/mol. The van der Waals surface area contributed by atoms with Crippen molar-refractivity contribution in [3.8, 4) is 0 Å². The van der Waals surface area contributed by atoms with Crippen LogP contribution in [0.25, 0.3) is 0 Å². The fourth-order valence-corrected chi connectivity index (χ4v) is 8.55. The number of hydrogen-bond acceptors (Lipinski definition) is 6. The molecule has 0 fully saturated rings. The Morgan fingerprint density at radius 2 is 0.561 bits per heavy atom. The van der Waals surface area contributed by atoms with Gasteiger partial charge < -0.3 is 9.11 Å². The smallest absolute Gasteiger partial charge is 0.744 e. The third kappa shape index (κ3) is 34.9. The van der Waals surface area contributed by atoms with E-state index in [-0.39, 0.29) is 47.5 Å². The van der Waals surface area contributed by atoms with Crippen LogP contribution in [-0.2, 0) is 33.1 Å². The molecule has 0 saturated heterocycles. The molecule has 0 amide bonds. The molecule has 2 rings (SSSR count). The van der Waals surface area contributed by atoms with Gasteiger partial charge in [0.2, 0.25) is 0 Å². The number of aryl methyl sites for hydroxylation is 2. The summed E-state index contributed by atoms with van der Waals surface area (Å²) in [7, 11) is -8.67. The summed E-state index contributed by atoms with van der Waals surface area (Å²) in [6.07, 6.45) is 44.7. The van der Waals surface area contributed by atoms with E-state index in [1.54, 1.807) is 12.1 Å². The fraction of sp³-hybridized carbons (Fsp3) is 0.750. The zero-order valence-corrected chi connectivity index (χ0v) is 40.5. The normalized spacial score (nSPS) is 11.6. The maximum atomic E-state index is 11.1. The van der Waals surface area contributed by atoms with Crippen molar-refractivity contribution in [1.82, 2.24) is 0 Å². The molecule has 57 heavy (non-hydrogen) atoms. The predicted molar refractivity (Wildman–Crippen MR) is 241 cm³/mol. The van der Waals surface area contributed by atoms with Gasteiger partial charge in [-0.25, -0.2) is 16.8 Å². The summed E-state index contributed by atoms with van der Waals surface area (Å²) >= 11 is 0. The molecule has 0 heterocycles. The van der Waals surface area contributed by atoms with Gasteiger partial charge >= 0.3 is 37.7 Å². The van der Waals surface area contributed by atoms with Crippen molar-refractivity contribution in [1.29, 1.82) is 0 Å². The molecule has 0 aliphatic heterocycles. The Morgan fingerprint density at radius 1 is 0.351 bits per heavy atom. The van der Waals surface area contributed by atoms with Crippen molar-refractivity contribution in [2.75, 3.05) is 0 Å². The minimum atomic E-state index is -4.34. The maximum Gasteiger partial charge on any atom is 2.00 e. The number of hydrogen-bond donors (Lipinski definition) is 0. The molecular weight excluding hydrogens is 777 g/mol. The average molecular weight is 859 g/mol. The Labute approximate surface area is 382 Å². The number of benzene rings is 2. The Morgan fingerprint density at radius 3 is 0.772 bits per heavy atom. The molecule has 9 heteroatoms. The molecule has 0 bridgehead atoms. The van der Waals surface area contributed by atoms with Gasteiger partial charge in [-0.05, 0) is 61.1 Å². The minimum absolute atomic E-state index is 0. The summed E-state index contributed by atoms with van der Waals surface area (Å²) in [5.74, 6) is 0. The fourth-order valence-electron chi connectivity index (χ4n) is 7.47.